The smallest absolute Gasteiger partial charge is 0.349 e. The van der Waals surface area contributed by atoms with Crippen molar-refractivity contribution < 1.29 is 22.4 Å². The quantitative estimate of drug-likeness (QED) is 0.546. The number of rotatable bonds is 2. The third kappa shape index (κ3) is 3.90. The number of aromatic nitrogens is 2. The molecule has 0 aromatic carbocycles. The summed E-state index contributed by atoms with van der Waals surface area (Å²) in [5.74, 6) is -1.95. The Kier molecular flexibility index (Phi) is 4.82. The summed E-state index contributed by atoms with van der Waals surface area (Å²) in [5.41, 5.74) is -1.52. The topological polar surface area (TPSA) is 69.8 Å². The predicted molar refractivity (Wildman–Crippen MR) is 91.8 cm³/mol. The summed E-state index contributed by atoms with van der Waals surface area (Å²) in [6, 6.07) is 2.14. The molecule has 2 aromatic rings. The van der Waals surface area contributed by atoms with Gasteiger partial charge in [0, 0.05) is 18.0 Å². The molecule has 1 fully saturated rings. The summed E-state index contributed by atoms with van der Waals surface area (Å²) in [6.07, 6.45) is -2.18. The van der Waals surface area contributed by atoms with Gasteiger partial charge >= 0.3 is 6.18 Å². The highest BCUT2D eigenvalue weighted by Gasteiger charge is 2.37. The van der Waals surface area contributed by atoms with Crippen LogP contribution < -0.4 is 10.3 Å². The summed E-state index contributed by atoms with van der Waals surface area (Å²) < 4.78 is 52.4. The van der Waals surface area contributed by atoms with Crippen molar-refractivity contribution in [1.29, 1.82) is 0 Å². The SMILES string of the molecule is C[Si]1(C)CCCC(NC(=O)c2cc3c(F)c(C(F)(F)F)ncc3[nH]2)CN1. The molecule has 0 spiro atoms. The number of pyridine rings is 1. The number of aromatic amines is 1. The van der Waals surface area contributed by atoms with Gasteiger partial charge in [0.25, 0.3) is 5.91 Å². The molecule has 1 unspecified atom stereocenters. The number of nitrogens with zero attached hydrogens (tertiary/aromatic N) is 1. The number of carbonyl (C=O) groups excluding carboxylic acids is 1. The van der Waals surface area contributed by atoms with Crippen LogP contribution in [0.15, 0.2) is 12.3 Å². The molecule has 3 N–H and O–H groups in total. The molecule has 3 heterocycles. The molecule has 1 aliphatic rings. The molecule has 0 aliphatic carbocycles. The number of fused-ring (bicyclic) bond motifs is 1. The molecule has 3 rings (SSSR count). The average Bonchev–Trinajstić information content (AvgIpc) is 2.89. The van der Waals surface area contributed by atoms with E-state index in [1.165, 1.54) is 0 Å². The van der Waals surface area contributed by atoms with E-state index in [1.54, 1.807) is 0 Å². The minimum atomic E-state index is -4.89. The van der Waals surface area contributed by atoms with Crippen LogP contribution in [-0.4, -0.2) is 36.7 Å². The monoisotopic (exact) mass is 388 g/mol. The Bertz CT molecular complexity index is 833. The van der Waals surface area contributed by atoms with Crippen molar-refractivity contribution in [2.24, 2.45) is 0 Å². The lowest BCUT2D eigenvalue weighted by Gasteiger charge is -2.22. The van der Waals surface area contributed by atoms with Crippen LogP contribution in [0, 0.1) is 5.82 Å². The van der Waals surface area contributed by atoms with Crippen molar-refractivity contribution in [1.82, 2.24) is 20.3 Å². The number of H-pyrrole nitrogens is 1. The highest BCUT2D eigenvalue weighted by atomic mass is 28.3. The summed E-state index contributed by atoms with van der Waals surface area (Å²) in [4.78, 5) is 21.7. The fourth-order valence-electron chi connectivity index (χ4n) is 3.15. The Morgan fingerprint density at radius 1 is 1.38 bits per heavy atom. The minimum Gasteiger partial charge on any atom is -0.349 e. The maximum Gasteiger partial charge on any atom is 0.436 e. The van der Waals surface area contributed by atoms with Gasteiger partial charge in [-0.05, 0) is 18.5 Å². The first kappa shape index (κ1) is 18.8. The van der Waals surface area contributed by atoms with Crippen LogP contribution in [0.4, 0.5) is 17.6 Å². The van der Waals surface area contributed by atoms with E-state index < -0.39 is 31.8 Å². The Hall–Kier alpha value is -1.94. The van der Waals surface area contributed by atoms with E-state index in [2.05, 4.69) is 33.4 Å². The average molecular weight is 388 g/mol. The van der Waals surface area contributed by atoms with Crippen LogP contribution in [0.3, 0.4) is 0 Å². The van der Waals surface area contributed by atoms with Crippen molar-refractivity contribution in [2.45, 2.75) is 44.2 Å². The van der Waals surface area contributed by atoms with Crippen LogP contribution >= 0.6 is 0 Å². The molecule has 26 heavy (non-hydrogen) atoms. The number of hydrogen-bond acceptors (Lipinski definition) is 3. The largest absolute Gasteiger partial charge is 0.436 e. The maximum atomic E-state index is 14.1. The number of halogens is 4. The number of carbonyl (C=O) groups is 1. The van der Waals surface area contributed by atoms with Gasteiger partial charge < -0.3 is 15.3 Å². The zero-order valence-electron chi connectivity index (χ0n) is 14.4. The van der Waals surface area contributed by atoms with Gasteiger partial charge in [-0.15, -0.1) is 0 Å². The lowest BCUT2D eigenvalue weighted by atomic mass is 10.1. The minimum absolute atomic E-state index is 0.0146. The van der Waals surface area contributed by atoms with Gasteiger partial charge in [0.15, 0.2) is 11.5 Å². The summed E-state index contributed by atoms with van der Waals surface area (Å²) in [6.45, 7) is 5.10. The molecule has 5 nitrogen and oxygen atoms in total. The third-order valence-corrected chi connectivity index (χ3v) is 7.41. The second kappa shape index (κ2) is 6.65. The van der Waals surface area contributed by atoms with Gasteiger partial charge in [0.1, 0.15) is 13.9 Å². The zero-order chi connectivity index (χ0) is 19.1. The molecular formula is C16H20F4N4OSi. The van der Waals surface area contributed by atoms with Crippen LogP contribution in [0.1, 0.15) is 29.0 Å². The molecule has 1 saturated heterocycles. The van der Waals surface area contributed by atoms with Gasteiger partial charge in [-0.25, -0.2) is 9.37 Å². The van der Waals surface area contributed by atoms with E-state index in [9.17, 15) is 22.4 Å². The fraction of sp³-hybridized carbons (Fsp3) is 0.500. The Labute approximate surface area is 148 Å². The summed E-state index contributed by atoms with van der Waals surface area (Å²) in [7, 11) is -1.44. The van der Waals surface area contributed by atoms with Crippen LogP contribution in [-0.2, 0) is 6.18 Å². The third-order valence-electron chi connectivity index (χ3n) is 4.65. The van der Waals surface area contributed by atoms with Crippen molar-refractivity contribution in [3.8, 4) is 0 Å². The molecule has 10 heteroatoms. The summed E-state index contributed by atoms with van der Waals surface area (Å²) in [5, 5.41) is 2.56. The van der Waals surface area contributed by atoms with Gasteiger partial charge in [0.2, 0.25) is 0 Å². The van der Waals surface area contributed by atoms with Crippen molar-refractivity contribution >= 4 is 25.0 Å². The highest BCUT2D eigenvalue weighted by molar-refractivity contribution is 6.75. The van der Waals surface area contributed by atoms with Gasteiger partial charge in [0.05, 0.1) is 11.7 Å². The molecule has 1 atom stereocenters. The van der Waals surface area contributed by atoms with Gasteiger partial charge in [-0.1, -0.05) is 19.5 Å². The molecule has 2 aromatic heterocycles. The summed E-state index contributed by atoms with van der Waals surface area (Å²) >= 11 is 0. The standard InChI is InChI=1S/C16H20F4N4OSi/c1-26(2)5-3-4-9(7-22-26)23-15(25)11-6-10-12(24-11)8-21-14(13(10)17)16(18,19)20/h6,8-9,22,24H,3-5,7H2,1-2H3,(H,23,25). The van der Waals surface area contributed by atoms with E-state index in [1.807, 2.05) is 0 Å². The van der Waals surface area contributed by atoms with Crippen molar-refractivity contribution in [3.05, 3.63) is 29.5 Å². The lowest BCUT2D eigenvalue weighted by Crippen LogP contribution is -2.49. The van der Waals surface area contributed by atoms with Crippen LogP contribution in [0.25, 0.3) is 10.9 Å². The Morgan fingerprint density at radius 3 is 2.81 bits per heavy atom. The molecule has 1 aliphatic heterocycles. The van der Waals surface area contributed by atoms with E-state index in [0.29, 0.717) is 6.54 Å². The molecular weight excluding hydrogens is 368 g/mol. The molecule has 0 bridgehead atoms. The first-order chi connectivity index (χ1) is 12.1. The molecule has 0 saturated carbocycles. The fourth-order valence-corrected chi connectivity index (χ4v) is 5.22. The second-order valence-electron chi connectivity index (χ2n) is 7.26. The van der Waals surface area contributed by atoms with E-state index in [0.717, 1.165) is 31.1 Å². The normalized spacial score (nSPS) is 20.8. The number of amides is 1. The van der Waals surface area contributed by atoms with E-state index in [-0.39, 0.29) is 22.6 Å². The van der Waals surface area contributed by atoms with Gasteiger partial charge in [-0.2, -0.15) is 13.2 Å². The number of hydrogen-bond donors (Lipinski definition) is 3. The molecule has 142 valence electrons. The second-order valence-corrected chi connectivity index (χ2v) is 11.9. The Morgan fingerprint density at radius 2 is 2.12 bits per heavy atom. The van der Waals surface area contributed by atoms with E-state index in [4.69, 9.17) is 0 Å². The van der Waals surface area contributed by atoms with Gasteiger partial charge in [-0.3, -0.25) is 4.79 Å². The predicted octanol–water partition coefficient (Wildman–Crippen LogP) is 3.41. The molecule has 1 amide bonds. The zero-order valence-corrected chi connectivity index (χ0v) is 15.4. The maximum absolute atomic E-state index is 14.1. The van der Waals surface area contributed by atoms with Crippen molar-refractivity contribution in [3.63, 3.8) is 0 Å². The highest BCUT2D eigenvalue weighted by Crippen LogP contribution is 2.32. The molecule has 0 radical (unpaired) electrons. The lowest BCUT2D eigenvalue weighted by molar-refractivity contribution is -0.143. The number of nitrogens with one attached hydrogen (secondary N) is 3. The Balaban J connectivity index is 1.80. The first-order valence-corrected chi connectivity index (χ1v) is 11.6. The first-order valence-electron chi connectivity index (χ1n) is 8.37. The van der Waals surface area contributed by atoms with Crippen LogP contribution in [0.5, 0.6) is 0 Å². The van der Waals surface area contributed by atoms with E-state index >= 15 is 0 Å². The van der Waals surface area contributed by atoms with Crippen molar-refractivity contribution in [2.75, 3.05) is 6.54 Å². The number of alkyl halides is 3. The van der Waals surface area contributed by atoms with Crippen LogP contribution in [0.2, 0.25) is 19.1 Å².